The quantitative estimate of drug-likeness (QED) is 0.236. The summed E-state index contributed by atoms with van der Waals surface area (Å²) in [5.41, 5.74) is 5.41. The number of nitrogen functional groups attached to an aromatic ring is 1. The number of pyridine rings is 2. The molecular weight excluding hydrogens is 453 g/mol. The Morgan fingerprint density at radius 3 is 2.63 bits per heavy atom. The van der Waals surface area contributed by atoms with Crippen LogP contribution in [0, 0.1) is 5.82 Å². The molecule has 0 amide bonds. The molecular formula is C25H22FN5O4. The van der Waals surface area contributed by atoms with Crippen molar-refractivity contribution < 1.29 is 19.0 Å². The predicted octanol–water partition coefficient (Wildman–Crippen LogP) is 3.32. The van der Waals surface area contributed by atoms with Crippen LogP contribution < -0.4 is 26.5 Å². The van der Waals surface area contributed by atoms with Gasteiger partial charge in [-0.15, -0.1) is 0 Å². The van der Waals surface area contributed by atoms with Gasteiger partial charge in [0.25, 0.3) is 0 Å². The van der Waals surface area contributed by atoms with Crippen molar-refractivity contribution in [3.63, 3.8) is 0 Å². The fourth-order valence-electron chi connectivity index (χ4n) is 4.29. The summed E-state index contributed by atoms with van der Waals surface area (Å²) in [7, 11) is 0. The smallest absolute Gasteiger partial charge is 0.341 e. The number of carboxylic acids is 1. The monoisotopic (exact) mass is 475 g/mol. The van der Waals surface area contributed by atoms with Gasteiger partial charge in [-0.25, -0.2) is 14.2 Å². The molecule has 0 bridgehead atoms. The average molecular weight is 475 g/mol. The minimum atomic E-state index is -1.41. The van der Waals surface area contributed by atoms with Crippen molar-refractivity contribution in [2.75, 3.05) is 36.1 Å². The molecule has 0 spiro atoms. The van der Waals surface area contributed by atoms with Crippen molar-refractivity contribution in [1.29, 1.82) is 0 Å². The van der Waals surface area contributed by atoms with Crippen LogP contribution in [0.2, 0.25) is 0 Å². The van der Waals surface area contributed by atoms with Crippen LogP contribution in [0.25, 0.3) is 10.9 Å². The number of benzene rings is 2. The summed E-state index contributed by atoms with van der Waals surface area (Å²) >= 11 is 0. The molecule has 5 rings (SSSR count). The maximum atomic E-state index is 15.4. The molecule has 1 atom stereocenters. The van der Waals surface area contributed by atoms with E-state index in [0.717, 1.165) is 5.56 Å². The highest BCUT2D eigenvalue weighted by Crippen LogP contribution is 2.44. The zero-order valence-electron chi connectivity index (χ0n) is 18.5. The lowest BCUT2D eigenvalue weighted by molar-refractivity contribution is 0.0694. The predicted molar refractivity (Wildman–Crippen MR) is 131 cm³/mol. The molecule has 2 aromatic heterocycles. The van der Waals surface area contributed by atoms with E-state index in [1.807, 2.05) is 42.5 Å². The van der Waals surface area contributed by atoms with Crippen molar-refractivity contribution in [3.05, 3.63) is 88.1 Å². The molecule has 9 nitrogen and oxygen atoms in total. The normalized spacial score (nSPS) is 14.4. The third kappa shape index (κ3) is 3.88. The molecule has 5 N–H and O–H groups in total. The number of halogens is 1. The van der Waals surface area contributed by atoms with Crippen LogP contribution in [0.1, 0.15) is 22.0 Å². The maximum absolute atomic E-state index is 15.4. The average Bonchev–Trinajstić information content (AvgIpc) is 2.88. The third-order valence-electron chi connectivity index (χ3n) is 5.94. The first-order valence-corrected chi connectivity index (χ1v) is 11.0. The Bertz CT molecular complexity index is 1470. The number of anilines is 3. The first-order chi connectivity index (χ1) is 17.0. The van der Waals surface area contributed by atoms with Crippen LogP contribution in [0.3, 0.4) is 0 Å². The van der Waals surface area contributed by atoms with E-state index >= 15 is 4.39 Å². The summed E-state index contributed by atoms with van der Waals surface area (Å²) in [6.07, 6.45) is 2.94. The second-order valence-corrected chi connectivity index (χ2v) is 8.05. The number of carboxylic acid groups (broad SMARTS) is 1. The SMILES string of the molecule is Nc1c(F)c(NCCNc2ccccn2)c2c3c1c(=O)c(C(=O)O)cn3C(c1ccccc1)CO2. The number of aromatic carboxylic acids is 1. The van der Waals surface area contributed by atoms with Gasteiger partial charge in [-0.2, -0.15) is 0 Å². The van der Waals surface area contributed by atoms with Gasteiger partial charge in [0.1, 0.15) is 23.7 Å². The van der Waals surface area contributed by atoms with E-state index in [0.29, 0.717) is 18.9 Å². The maximum Gasteiger partial charge on any atom is 0.341 e. The Labute approximate surface area is 199 Å². The van der Waals surface area contributed by atoms with Gasteiger partial charge in [-0.05, 0) is 17.7 Å². The second-order valence-electron chi connectivity index (χ2n) is 8.05. The number of carbonyl (C=O) groups is 1. The van der Waals surface area contributed by atoms with Gasteiger partial charge in [0.15, 0.2) is 11.6 Å². The lowest BCUT2D eigenvalue weighted by Crippen LogP contribution is -2.30. The van der Waals surface area contributed by atoms with Gasteiger partial charge in [0.2, 0.25) is 5.43 Å². The van der Waals surface area contributed by atoms with Gasteiger partial charge in [0.05, 0.1) is 22.6 Å². The molecule has 10 heteroatoms. The molecule has 0 aliphatic carbocycles. The van der Waals surface area contributed by atoms with Gasteiger partial charge < -0.3 is 30.8 Å². The highest BCUT2D eigenvalue weighted by Gasteiger charge is 2.32. The van der Waals surface area contributed by atoms with Crippen molar-refractivity contribution in [2.24, 2.45) is 0 Å². The molecule has 4 aromatic rings. The van der Waals surface area contributed by atoms with Crippen LogP contribution in [-0.4, -0.2) is 40.3 Å². The van der Waals surface area contributed by atoms with E-state index in [1.165, 1.54) is 6.20 Å². The summed E-state index contributed by atoms with van der Waals surface area (Å²) in [5, 5.41) is 15.5. The zero-order valence-corrected chi connectivity index (χ0v) is 18.5. The Kier molecular flexibility index (Phi) is 5.69. The standard InChI is InChI=1S/C25H22FN5O4/c26-19-20(27)18-22-24(21(19)30-11-10-29-17-8-4-5-9-28-17)35-13-16(14-6-2-1-3-7-14)31(22)12-15(23(18)32)25(33)34/h1-9,12,16,30H,10-11,13,27H2,(H,28,29)(H,33,34). The lowest BCUT2D eigenvalue weighted by atomic mass is 10.0. The third-order valence-corrected chi connectivity index (χ3v) is 5.94. The number of aromatic nitrogens is 2. The van der Waals surface area contributed by atoms with Crippen molar-refractivity contribution in [2.45, 2.75) is 6.04 Å². The van der Waals surface area contributed by atoms with E-state index in [4.69, 9.17) is 10.5 Å². The minimum Gasteiger partial charge on any atom is -0.487 e. The Morgan fingerprint density at radius 1 is 1.17 bits per heavy atom. The van der Waals surface area contributed by atoms with Crippen LogP contribution in [0.15, 0.2) is 65.7 Å². The Hall–Kier alpha value is -4.60. The molecule has 1 aliphatic rings. The number of hydrogen-bond donors (Lipinski definition) is 4. The van der Waals surface area contributed by atoms with E-state index in [1.54, 1.807) is 16.8 Å². The zero-order chi connectivity index (χ0) is 24.5. The molecule has 1 unspecified atom stereocenters. The van der Waals surface area contributed by atoms with Gasteiger partial charge in [-0.1, -0.05) is 36.4 Å². The van der Waals surface area contributed by atoms with Crippen LogP contribution >= 0.6 is 0 Å². The molecule has 0 fully saturated rings. The fraction of sp³-hybridized carbons (Fsp3) is 0.160. The van der Waals surface area contributed by atoms with Crippen LogP contribution in [0.5, 0.6) is 5.75 Å². The number of nitrogens with zero attached hydrogens (tertiary/aromatic N) is 2. The number of ether oxygens (including phenoxy) is 1. The van der Waals surface area contributed by atoms with E-state index in [2.05, 4.69) is 15.6 Å². The number of nitrogens with two attached hydrogens (primary N) is 1. The molecule has 0 saturated carbocycles. The first-order valence-electron chi connectivity index (χ1n) is 11.0. The fourth-order valence-corrected chi connectivity index (χ4v) is 4.29. The van der Waals surface area contributed by atoms with Gasteiger partial charge in [-0.3, -0.25) is 4.79 Å². The molecule has 3 heterocycles. The molecule has 0 radical (unpaired) electrons. The van der Waals surface area contributed by atoms with Crippen molar-refractivity contribution in [3.8, 4) is 5.75 Å². The number of nitrogens with one attached hydrogen (secondary N) is 2. The Balaban J connectivity index is 1.61. The van der Waals surface area contributed by atoms with Gasteiger partial charge >= 0.3 is 5.97 Å². The summed E-state index contributed by atoms with van der Waals surface area (Å²) in [6, 6.07) is 14.3. The summed E-state index contributed by atoms with van der Waals surface area (Å²) in [4.78, 5) is 29.0. The molecule has 178 valence electrons. The number of rotatable bonds is 7. The summed E-state index contributed by atoms with van der Waals surface area (Å²) in [5.74, 6) is -1.49. The van der Waals surface area contributed by atoms with Crippen LogP contribution in [0.4, 0.5) is 21.6 Å². The van der Waals surface area contributed by atoms with Crippen LogP contribution in [-0.2, 0) is 0 Å². The topological polar surface area (TPSA) is 131 Å². The molecule has 1 aliphatic heterocycles. The largest absolute Gasteiger partial charge is 0.487 e. The van der Waals surface area contributed by atoms with E-state index < -0.39 is 34.5 Å². The minimum absolute atomic E-state index is 0.0144. The van der Waals surface area contributed by atoms with Crippen molar-refractivity contribution >= 4 is 34.1 Å². The Morgan fingerprint density at radius 2 is 1.91 bits per heavy atom. The second kappa shape index (κ2) is 8.98. The van der Waals surface area contributed by atoms with Crippen molar-refractivity contribution in [1.82, 2.24) is 9.55 Å². The highest BCUT2D eigenvalue weighted by atomic mass is 19.1. The molecule has 35 heavy (non-hydrogen) atoms. The molecule has 0 saturated heterocycles. The van der Waals surface area contributed by atoms with E-state index in [9.17, 15) is 14.7 Å². The number of hydrogen-bond acceptors (Lipinski definition) is 7. The van der Waals surface area contributed by atoms with E-state index in [-0.39, 0.29) is 28.9 Å². The van der Waals surface area contributed by atoms with Gasteiger partial charge in [0, 0.05) is 25.5 Å². The first kappa shape index (κ1) is 22.2. The highest BCUT2D eigenvalue weighted by molar-refractivity contribution is 6.03. The summed E-state index contributed by atoms with van der Waals surface area (Å²) < 4.78 is 23.1. The lowest BCUT2D eigenvalue weighted by Gasteiger charge is -2.31. The molecule has 2 aromatic carbocycles. The summed E-state index contributed by atoms with van der Waals surface area (Å²) in [6.45, 7) is 0.831.